The van der Waals surface area contributed by atoms with Crippen LogP contribution in [0.2, 0.25) is 0 Å². The van der Waals surface area contributed by atoms with Crippen molar-refractivity contribution in [1.29, 1.82) is 5.26 Å². The number of rotatable bonds is 2. The van der Waals surface area contributed by atoms with Gasteiger partial charge in [0, 0.05) is 18.8 Å². The number of nitrogens with zero attached hydrogens (tertiary/aromatic N) is 2. The molecule has 1 unspecified atom stereocenters. The van der Waals surface area contributed by atoms with Gasteiger partial charge in [-0.15, -0.1) is 0 Å². The molecule has 1 heterocycles. The van der Waals surface area contributed by atoms with Crippen molar-refractivity contribution < 1.29 is 9.53 Å². The monoisotopic (exact) mass is 259 g/mol. The van der Waals surface area contributed by atoms with Crippen LogP contribution in [0.5, 0.6) is 5.75 Å². The number of carbonyl (C=O) groups is 1. The van der Waals surface area contributed by atoms with Crippen LogP contribution in [0, 0.1) is 17.2 Å². The Hall–Kier alpha value is -2.22. The van der Waals surface area contributed by atoms with Crippen molar-refractivity contribution in [3.8, 4) is 11.8 Å². The van der Waals surface area contributed by atoms with E-state index in [0.29, 0.717) is 13.1 Å². The smallest absolute Gasteiger partial charge is 0.321 e. The lowest BCUT2D eigenvalue weighted by molar-refractivity contribution is 0.189. The van der Waals surface area contributed by atoms with Gasteiger partial charge in [-0.05, 0) is 37.1 Å². The van der Waals surface area contributed by atoms with Crippen molar-refractivity contribution in [2.24, 2.45) is 5.92 Å². The molecular formula is C14H17N3O2. The maximum absolute atomic E-state index is 12.1. The van der Waals surface area contributed by atoms with Crippen LogP contribution in [-0.4, -0.2) is 31.1 Å². The maximum Gasteiger partial charge on any atom is 0.321 e. The molecule has 2 amide bonds. The lowest BCUT2D eigenvalue weighted by Gasteiger charge is -2.29. The molecule has 1 atom stereocenters. The van der Waals surface area contributed by atoms with Gasteiger partial charge in [0.2, 0.25) is 0 Å². The van der Waals surface area contributed by atoms with Crippen molar-refractivity contribution >= 4 is 11.7 Å². The summed E-state index contributed by atoms with van der Waals surface area (Å²) in [6, 6.07) is 9.26. The molecule has 1 aliphatic rings. The van der Waals surface area contributed by atoms with Crippen molar-refractivity contribution in [2.45, 2.75) is 12.8 Å². The van der Waals surface area contributed by atoms with Gasteiger partial charge in [-0.1, -0.05) is 0 Å². The highest BCUT2D eigenvalue weighted by Crippen LogP contribution is 2.18. The van der Waals surface area contributed by atoms with Crippen molar-refractivity contribution in [3.05, 3.63) is 24.3 Å². The summed E-state index contributed by atoms with van der Waals surface area (Å²) in [6.45, 7) is 1.22. The summed E-state index contributed by atoms with van der Waals surface area (Å²) in [5, 5.41) is 11.7. The molecule has 100 valence electrons. The fourth-order valence-electron chi connectivity index (χ4n) is 2.14. The van der Waals surface area contributed by atoms with E-state index in [1.807, 2.05) is 0 Å². The van der Waals surface area contributed by atoms with Crippen LogP contribution >= 0.6 is 0 Å². The normalized spacial score (nSPS) is 18.5. The van der Waals surface area contributed by atoms with Gasteiger partial charge in [-0.25, -0.2) is 4.79 Å². The van der Waals surface area contributed by atoms with E-state index in [0.717, 1.165) is 24.3 Å². The second-order valence-corrected chi connectivity index (χ2v) is 4.57. The first-order chi connectivity index (χ1) is 9.22. The first-order valence-corrected chi connectivity index (χ1v) is 6.32. The van der Waals surface area contributed by atoms with Crippen molar-refractivity contribution in [1.82, 2.24) is 4.90 Å². The summed E-state index contributed by atoms with van der Waals surface area (Å²) in [5.74, 6) is 0.705. The maximum atomic E-state index is 12.1. The molecule has 0 aromatic heterocycles. The number of methoxy groups -OCH3 is 1. The highest BCUT2D eigenvalue weighted by molar-refractivity contribution is 5.89. The summed E-state index contributed by atoms with van der Waals surface area (Å²) in [7, 11) is 1.60. The topological polar surface area (TPSA) is 65.4 Å². The van der Waals surface area contributed by atoms with Crippen molar-refractivity contribution in [3.63, 3.8) is 0 Å². The molecule has 1 N–H and O–H groups in total. The van der Waals surface area contributed by atoms with Gasteiger partial charge in [0.05, 0.1) is 19.1 Å². The third kappa shape index (κ3) is 3.38. The Morgan fingerprint density at radius 2 is 2.21 bits per heavy atom. The number of ether oxygens (including phenoxy) is 1. The zero-order valence-corrected chi connectivity index (χ0v) is 10.9. The number of anilines is 1. The number of piperidine rings is 1. The number of amides is 2. The molecule has 1 saturated heterocycles. The van der Waals surface area contributed by atoms with E-state index < -0.39 is 0 Å². The highest BCUT2D eigenvalue weighted by atomic mass is 16.5. The number of nitrogens with one attached hydrogen (secondary N) is 1. The van der Waals surface area contributed by atoms with E-state index >= 15 is 0 Å². The number of nitriles is 1. The molecule has 1 fully saturated rings. The molecule has 0 saturated carbocycles. The summed E-state index contributed by atoms with van der Waals surface area (Å²) >= 11 is 0. The number of carbonyl (C=O) groups excluding carboxylic acids is 1. The Kier molecular flexibility index (Phi) is 4.24. The second-order valence-electron chi connectivity index (χ2n) is 4.57. The molecule has 0 spiro atoms. The summed E-state index contributed by atoms with van der Waals surface area (Å²) < 4.78 is 5.06. The number of urea groups is 1. The lowest BCUT2D eigenvalue weighted by Crippen LogP contribution is -2.42. The largest absolute Gasteiger partial charge is 0.497 e. The molecule has 1 aromatic rings. The van der Waals surface area contributed by atoms with Crippen LogP contribution in [0.25, 0.3) is 0 Å². The number of likely N-dealkylation sites (tertiary alicyclic amines) is 1. The quantitative estimate of drug-likeness (QED) is 0.887. The summed E-state index contributed by atoms with van der Waals surface area (Å²) in [5.41, 5.74) is 0.727. The minimum Gasteiger partial charge on any atom is -0.497 e. The molecule has 5 nitrogen and oxygen atoms in total. The van der Waals surface area contributed by atoms with Gasteiger partial charge in [-0.2, -0.15) is 5.26 Å². The lowest BCUT2D eigenvalue weighted by atomic mass is 10.0. The average molecular weight is 259 g/mol. The van der Waals surface area contributed by atoms with E-state index in [4.69, 9.17) is 10.00 Å². The minimum atomic E-state index is -0.148. The Balaban J connectivity index is 1.94. The van der Waals surface area contributed by atoms with Crippen molar-refractivity contribution in [2.75, 3.05) is 25.5 Å². The molecule has 0 aliphatic carbocycles. The number of benzene rings is 1. The molecule has 5 heteroatoms. The van der Waals surface area contributed by atoms with Gasteiger partial charge in [0.15, 0.2) is 0 Å². The molecule has 0 bridgehead atoms. The summed E-state index contributed by atoms with van der Waals surface area (Å²) in [4.78, 5) is 13.8. The molecule has 1 aliphatic heterocycles. The third-order valence-electron chi connectivity index (χ3n) is 3.23. The van der Waals surface area contributed by atoms with E-state index in [1.54, 1.807) is 36.3 Å². The van der Waals surface area contributed by atoms with Crippen LogP contribution < -0.4 is 10.1 Å². The van der Waals surface area contributed by atoms with Gasteiger partial charge in [-0.3, -0.25) is 0 Å². The summed E-state index contributed by atoms with van der Waals surface area (Å²) in [6.07, 6.45) is 1.76. The predicted octanol–water partition coefficient (Wildman–Crippen LogP) is 2.46. The zero-order chi connectivity index (χ0) is 13.7. The fraction of sp³-hybridized carbons (Fsp3) is 0.429. The van der Waals surface area contributed by atoms with Crippen LogP contribution in [-0.2, 0) is 0 Å². The van der Waals surface area contributed by atoms with Crippen LogP contribution in [0.15, 0.2) is 24.3 Å². The average Bonchev–Trinajstić information content (AvgIpc) is 2.48. The van der Waals surface area contributed by atoms with E-state index in [1.165, 1.54) is 0 Å². The molecule has 19 heavy (non-hydrogen) atoms. The van der Waals surface area contributed by atoms with Gasteiger partial charge >= 0.3 is 6.03 Å². The fourth-order valence-corrected chi connectivity index (χ4v) is 2.14. The number of hydrogen-bond donors (Lipinski definition) is 1. The molecule has 1 aromatic carbocycles. The van der Waals surface area contributed by atoms with Crippen LogP contribution in [0.4, 0.5) is 10.5 Å². The molecule has 2 rings (SSSR count). The van der Waals surface area contributed by atoms with Gasteiger partial charge in [0.25, 0.3) is 0 Å². The molecule has 0 radical (unpaired) electrons. The second kappa shape index (κ2) is 6.10. The minimum absolute atomic E-state index is 0.0460. The van der Waals surface area contributed by atoms with Crippen LogP contribution in [0.3, 0.4) is 0 Å². The first-order valence-electron chi connectivity index (χ1n) is 6.32. The third-order valence-corrected chi connectivity index (χ3v) is 3.23. The standard InChI is InChI=1S/C14H17N3O2/c1-19-13-6-4-12(5-7-13)16-14(18)17-8-2-3-11(9-15)10-17/h4-7,11H,2-3,8,10H2,1H3,(H,16,18). The predicted molar refractivity (Wildman–Crippen MR) is 71.9 cm³/mol. The SMILES string of the molecule is COc1ccc(NC(=O)N2CCCC(C#N)C2)cc1. The zero-order valence-electron chi connectivity index (χ0n) is 10.9. The van der Waals surface area contributed by atoms with E-state index in [-0.39, 0.29) is 11.9 Å². The van der Waals surface area contributed by atoms with E-state index in [2.05, 4.69) is 11.4 Å². The molecular weight excluding hydrogens is 242 g/mol. The Morgan fingerprint density at radius 3 is 2.84 bits per heavy atom. The van der Waals surface area contributed by atoms with E-state index in [9.17, 15) is 4.79 Å². The Labute approximate surface area is 112 Å². The Morgan fingerprint density at radius 1 is 1.47 bits per heavy atom. The van der Waals surface area contributed by atoms with Gasteiger partial charge < -0.3 is 15.0 Å². The highest BCUT2D eigenvalue weighted by Gasteiger charge is 2.23. The van der Waals surface area contributed by atoms with Gasteiger partial charge in [0.1, 0.15) is 5.75 Å². The first kappa shape index (κ1) is 13.2. The van der Waals surface area contributed by atoms with Crippen LogP contribution in [0.1, 0.15) is 12.8 Å². The number of hydrogen-bond acceptors (Lipinski definition) is 3. The Bertz CT molecular complexity index is 478.